The summed E-state index contributed by atoms with van der Waals surface area (Å²) in [5, 5.41) is 11.6. The highest BCUT2D eigenvalue weighted by Crippen LogP contribution is 2.22. The van der Waals surface area contributed by atoms with Crippen LogP contribution in [0.2, 0.25) is 0 Å². The number of halogens is 3. The van der Waals surface area contributed by atoms with Crippen LogP contribution in [0.15, 0.2) is 29.3 Å². The van der Waals surface area contributed by atoms with Gasteiger partial charge in [-0.3, -0.25) is 0 Å². The Hall–Kier alpha value is -2.78. The third kappa shape index (κ3) is 5.86. The maximum atomic E-state index is 12.2. The molecule has 0 fully saturated rings. The zero-order valence-electron chi connectivity index (χ0n) is 15.4. The molecule has 1 aliphatic heterocycles. The Bertz CT molecular complexity index is 801. The number of hydrogen-bond donors (Lipinski definition) is 2. The van der Waals surface area contributed by atoms with Crippen LogP contribution < -0.4 is 15.8 Å². The van der Waals surface area contributed by atoms with Crippen molar-refractivity contribution in [1.29, 1.82) is 0 Å². The van der Waals surface area contributed by atoms with Crippen LogP contribution in [0.25, 0.3) is 0 Å². The van der Waals surface area contributed by atoms with Crippen molar-refractivity contribution in [3.8, 4) is 5.75 Å². The molecule has 10 heteroatoms. The quantitative estimate of drug-likeness (QED) is 0.579. The predicted molar refractivity (Wildman–Crippen MR) is 97.7 cm³/mol. The molecule has 152 valence electrons. The van der Waals surface area contributed by atoms with E-state index in [1.54, 1.807) is 0 Å². The van der Waals surface area contributed by atoms with Gasteiger partial charge in [0.05, 0.1) is 6.54 Å². The number of aryl methyl sites for hydroxylation is 1. The normalized spacial score (nSPS) is 15.0. The predicted octanol–water partition coefficient (Wildman–Crippen LogP) is 2.55. The molecule has 1 aromatic carbocycles. The van der Waals surface area contributed by atoms with E-state index in [1.807, 2.05) is 0 Å². The number of benzene rings is 1. The highest BCUT2D eigenvalue weighted by atomic mass is 19.4. The Morgan fingerprint density at radius 3 is 2.71 bits per heavy atom. The molecule has 0 saturated heterocycles. The van der Waals surface area contributed by atoms with Crippen molar-refractivity contribution < 1.29 is 17.9 Å². The first-order chi connectivity index (χ1) is 13.4. The number of guanidine groups is 1. The van der Waals surface area contributed by atoms with E-state index >= 15 is 0 Å². The molecule has 0 spiro atoms. The second-order valence-electron chi connectivity index (χ2n) is 6.56. The molecule has 1 aliphatic rings. The van der Waals surface area contributed by atoms with Gasteiger partial charge in [-0.2, -0.15) is 0 Å². The van der Waals surface area contributed by atoms with Crippen LogP contribution in [0.1, 0.15) is 36.5 Å². The fourth-order valence-electron chi connectivity index (χ4n) is 3.06. The van der Waals surface area contributed by atoms with Crippen molar-refractivity contribution in [2.75, 3.05) is 6.54 Å². The average Bonchev–Trinajstić information content (AvgIpc) is 2.86. The standard InChI is InChI=1S/C18H23F3N6O/c19-18(20,21)28-14-7-5-13(6-8-14)12-24-17(22)23-10-9-16-26-25-15-4-2-1-3-11-27(15)16/h5-8H,1-4,9-12H2,(H3,22,23,24). The average molecular weight is 396 g/mol. The molecule has 0 bridgehead atoms. The van der Waals surface area contributed by atoms with Crippen molar-refractivity contribution >= 4 is 5.96 Å². The molecule has 1 aromatic heterocycles. The minimum absolute atomic E-state index is 0.255. The summed E-state index contributed by atoms with van der Waals surface area (Å²) in [6.07, 6.45) is 0.464. The largest absolute Gasteiger partial charge is 0.573 e. The van der Waals surface area contributed by atoms with Gasteiger partial charge in [-0.15, -0.1) is 23.4 Å². The molecule has 3 rings (SSSR count). The second kappa shape index (κ2) is 8.94. The van der Waals surface area contributed by atoms with E-state index in [0.29, 0.717) is 13.0 Å². The number of nitrogens with two attached hydrogens (primary N) is 1. The van der Waals surface area contributed by atoms with Gasteiger partial charge in [0.25, 0.3) is 0 Å². The maximum Gasteiger partial charge on any atom is 0.573 e. The Labute approximate surface area is 160 Å². The van der Waals surface area contributed by atoms with E-state index in [0.717, 1.165) is 43.0 Å². The van der Waals surface area contributed by atoms with Gasteiger partial charge in [0.1, 0.15) is 17.4 Å². The number of ether oxygens (including phenoxy) is 1. The monoisotopic (exact) mass is 396 g/mol. The minimum atomic E-state index is -4.70. The van der Waals surface area contributed by atoms with E-state index in [2.05, 4.69) is 29.8 Å². The number of aromatic nitrogens is 3. The highest BCUT2D eigenvalue weighted by Gasteiger charge is 2.30. The first-order valence-electron chi connectivity index (χ1n) is 9.20. The lowest BCUT2D eigenvalue weighted by Crippen LogP contribution is -2.33. The Morgan fingerprint density at radius 2 is 1.96 bits per heavy atom. The number of nitrogens with one attached hydrogen (secondary N) is 1. The number of rotatable bonds is 6. The van der Waals surface area contributed by atoms with Crippen LogP contribution in [0.3, 0.4) is 0 Å². The summed E-state index contributed by atoms with van der Waals surface area (Å²) >= 11 is 0. The number of fused-ring (bicyclic) bond motifs is 1. The van der Waals surface area contributed by atoms with Crippen LogP contribution in [-0.2, 0) is 25.9 Å². The molecule has 2 aromatic rings. The molecule has 0 radical (unpaired) electrons. The maximum absolute atomic E-state index is 12.2. The molecule has 0 saturated carbocycles. The molecule has 28 heavy (non-hydrogen) atoms. The van der Waals surface area contributed by atoms with Crippen LogP contribution in [0.5, 0.6) is 5.75 Å². The summed E-state index contributed by atoms with van der Waals surface area (Å²) in [5.41, 5.74) is 6.58. The van der Waals surface area contributed by atoms with Crippen molar-refractivity contribution in [2.45, 2.75) is 51.6 Å². The van der Waals surface area contributed by atoms with Gasteiger partial charge in [-0.05, 0) is 30.5 Å². The summed E-state index contributed by atoms with van der Waals surface area (Å²) < 4.78 is 42.5. The number of nitrogens with zero attached hydrogens (tertiary/aromatic N) is 4. The summed E-state index contributed by atoms with van der Waals surface area (Å²) in [7, 11) is 0. The highest BCUT2D eigenvalue weighted by molar-refractivity contribution is 5.77. The summed E-state index contributed by atoms with van der Waals surface area (Å²) in [5.74, 6) is 1.99. The van der Waals surface area contributed by atoms with E-state index in [-0.39, 0.29) is 18.3 Å². The molecule has 0 amide bonds. The Kier molecular flexibility index (Phi) is 6.37. The van der Waals surface area contributed by atoms with E-state index in [1.165, 1.54) is 30.7 Å². The summed E-state index contributed by atoms with van der Waals surface area (Å²) in [6, 6.07) is 5.53. The zero-order valence-corrected chi connectivity index (χ0v) is 15.4. The van der Waals surface area contributed by atoms with Crippen molar-refractivity contribution in [2.24, 2.45) is 10.7 Å². The van der Waals surface area contributed by atoms with Gasteiger partial charge < -0.3 is 20.4 Å². The van der Waals surface area contributed by atoms with Crippen LogP contribution in [0, 0.1) is 0 Å². The van der Waals surface area contributed by atoms with Gasteiger partial charge in [0.15, 0.2) is 5.96 Å². The molecular weight excluding hydrogens is 373 g/mol. The molecule has 0 unspecified atom stereocenters. The van der Waals surface area contributed by atoms with Gasteiger partial charge >= 0.3 is 6.36 Å². The van der Waals surface area contributed by atoms with Gasteiger partial charge in [-0.1, -0.05) is 18.6 Å². The molecule has 0 aliphatic carbocycles. The minimum Gasteiger partial charge on any atom is -0.406 e. The Balaban J connectivity index is 1.45. The second-order valence-corrected chi connectivity index (χ2v) is 6.56. The lowest BCUT2D eigenvalue weighted by molar-refractivity contribution is -0.274. The van der Waals surface area contributed by atoms with Crippen LogP contribution in [0.4, 0.5) is 13.2 Å². The smallest absolute Gasteiger partial charge is 0.406 e. The fraction of sp³-hybridized carbons (Fsp3) is 0.500. The molecule has 0 atom stereocenters. The van der Waals surface area contributed by atoms with Crippen molar-refractivity contribution in [1.82, 2.24) is 20.1 Å². The van der Waals surface area contributed by atoms with E-state index < -0.39 is 6.36 Å². The SMILES string of the molecule is NC(=NCc1ccc(OC(F)(F)F)cc1)NCCc1nnc2n1CCCCC2. The number of alkyl halides is 3. The van der Waals surface area contributed by atoms with Gasteiger partial charge in [0.2, 0.25) is 0 Å². The molecular formula is C18H23F3N6O. The topological polar surface area (TPSA) is 90.3 Å². The molecule has 3 N–H and O–H groups in total. The van der Waals surface area contributed by atoms with E-state index in [9.17, 15) is 13.2 Å². The zero-order chi connectivity index (χ0) is 20.0. The third-order valence-electron chi connectivity index (χ3n) is 4.43. The van der Waals surface area contributed by atoms with Gasteiger partial charge in [0, 0.05) is 25.9 Å². The molecule has 7 nitrogen and oxygen atoms in total. The van der Waals surface area contributed by atoms with Crippen LogP contribution >= 0.6 is 0 Å². The first-order valence-corrected chi connectivity index (χ1v) is 9.20. The summed E-state index contributed by atoms with van der Waals surface area (Å²) in [6.45, 7) is 1.78. The lowest BCUT2D eigenvalue weighted by Gasteiger charge is -2.09. The fourth-order valence-corrected chi connectivity index (χ4v) is 3.06. The third-order valence-corrected chi connectivity index (χ3v) is 4.43. The first kappa shape index (κ1) is 20.0. The summed E-state index contributed by atoms with van der Waals surface area (Å²) in [4.78, 5) is 4.20. The van der Waals surface area contributed by atoms with Crippen molar-refractivity contribution in [3.05, 3.63) is 41.5 Å². The van der Waals surface area contributed by atoms with Gasteiger partial charge in [-0.25, -0.2) is 4.99 Å². The van der Waals surface area contributed by atoms with E-state index in [4.69, 9.17) is 5.73 Å². The number of hydrogen-bond acceptors (Lipinski definition) is 4. The Morgan fingerprint density at radius 1 is 1.18 bits per heavy atom. The number of aliphatic imine (C=N–C) groups is 1. The lowest BCUT2D eigenvalue weighted by atomic mass is 10.2. The van der Waals surface area contributed by atoms with Crippen molar-refractivity contribution in [3.63, 3.8) is 0 Å². The van der Waals surface area contributed by atoms with Crippen LogP contribution in [-0.4, -0.2) is 33.6 Å². The molecule has 2 heterocycles.